The van der Waals surface area contributed by atoms with Crippen molar-refractivity contribution in [3.63, 3.8) is 0 Å². The highest BCUT2D eigenvalue weighted by atomic mass is 15.2. The molecule has 0 saturated carbocycles. The largest absolute Gasteiger partial charge is 0.409 e. The standard InChI is InChI=1S/C23H26BN2/c1-15-10-9-13-21-23(15)16(2)14-22(25(21)6)26-18(4)17(3)19-11-7-8-12-20(19)24(26)5/h7-14H,1-6H3/q+1. The van der Waals surface area contributed by atoms with Gasteiger partial charge in [-0.25, -0.2) is 4.57 Å². The topological polar surface area (TPSA) is 7.12 Å². The van der Waals surface area contributed by atoms with Crippen LogP contribution < -0.4 is 14.8 Å². The minimum Gasteiger partial charge on any atom is -0.290 e. The van der Waals surface area contributed by atoms with Gasteiger partial charge in [0.25, 0.3) is 5.82 Å². The van der Waals surface area contributed by atoms with E-state index >= 15 is 0 Å². The summed E-state index contributed by atoms with van der Waals surface area (Å²) in [5, 5.41) is 1.36. The van der Waals surface area contributed by atoms with Gasteiger partial charge in [-0.2, -0.15) is 0 Å². The maximum absolute atomic E-state index is 2.49. The Kier molecular flexibility index (Phi) is 3.91. The fourth-order valence-corrected chi connectivity index (χ4v) is 4.54. The van der Waals surface area contributed by atoms with Crippen molar-refractivity contribution < 1.29 is 4.57 Å². The van der Waals surface area contributed by atoms with Gasteiger partial charge in [-0.05, 0) is 68.3 Å². The summed E-state index contributed by atoms with van der Waals surface area (Å²) in [6, 6.07) is 17.7. The van der Waals surface area contributed by atoms with E-state index in [9.17, 15) is 0 Å². The Hall–Kier alpha value is -2.55. The highest BCUT2D eigenvalue weighted by Crippen LogP contribution is 2.31. The highest BCUT2D eigenvalue weighted by Gasteiger charge is 2.39. The molecule has 0 amide bonds. The third kappa shape index (κ3) is 2.30. The van der Waals surface area contributed by atoms with Crippen molar-refractivity contribution in [1.82, 2.24) is 0 Å². The van der Waals surface area contributed by atoms with Gasteiger partial charge in [-0.3, -0.25) is 4.81 Å². The predicted molar refractivity (Wildman–Crippen MR) is 113 cm³/mol. The van der Waals surface area contributed by atoms with E-state index in [1.807, 2.05) is 0 Å². The zero-order valence-electron chi connectivity index (χ0n) is 16.6. The van der Waals surface area contributed by atoms with E-state index < -0.39 is 0 Å². The molecule has 0 saturated heterocycles. The minimum absolute atomic E-state index is 0.308. The average molecular weight is 341 g/mol. The van der Waals surface area contributed by atoms with Crippen LogP contribution in [0.1, 0.15) is 30.5 Å². The average Bonchev–Trinajstić information content (AvgIpc) is 2.63. The summed E-state index contributed by atoms with van der Waals surface area (Å²) in [6.07, 6.45) is 0. The molecular weight excluding hydrogens is 315 g/mol. The zero-order valence-corrected chi connectivity index (χ0v) is 16.6. The van der Waals surface area contributed by atoms with Crippen molar-refractivity contribution in [3.05, 3.63) is 70.9 Å². The van der Waals surface area contributed by atoms with Crippen LogP contribution in [0.5, 0.6) is 0 Å². The third-order valence-electron chi connectivity index (χ3n) is 6.05. The fourth-order valence-electron chi connectivity index (χ4n) is 4.54. The number of rotatable bonds is 1. The van der Waals surface area contributed by atoms with Gasteiger partial charge in [-0.15, -0.1) is 0 Å². The van der Waals surface area contributed by atoms with E-state index in [0.717, 1.165) is 0 Å². The molecule has 0 atom stereocenters. The summed E-state index contributed by atoms with van der Waals surface area (Å²) in [5.41, 5.74) is 9.43. The van der Waals surface area contributed by atoms with E-state index in [4.69, 9.17) is 0 Å². The lowest BCUT2D eigenvalue weighted by Gasteiger charge is -2.31. The molecule has 1 aromatic heterocycles. The molecule has 1 aliphatic heterocycles. The van der Waals surface area contributed by atoms with Crippen molar-refractivity contribution in [2.45, 2.75) is 34.5 Å². The van der Waals surface area contributed by atoms with Crippen molar-refractivity contribution in [3.8, 4) is 0 Å². The lowest BCUT2D eigenvalue weighted by molar-refractivity contribution is -0.631. The van der Waals surface area contributed by atoms with Gasteiger partial charge in [0.1, 0.15) is 5.52 Å². The summed E-state index contributed by atoms with van der Waals surface area (Å²) in [5.74, 6) is 1.25. The smallest absolute Gasteiger partial charge is 0.290 e. The maximum Gasteiger partial charge on any atom is 0.409 e. The molecule has 3 heteroatoms. The first-order chi connectivity index (χ1) is 12.4. The number of hydrogen-bond acceptors (Lipinski definition) is 1. The van der Waals surface area contributed by atoms with Crippen LogP contribution >= 0.6 is 0 Å². The molecular formula is C23H26BN2+. The number of anilines is 1. The Balaban J connectivity index is 2.00. The minimum atomic E-state index is 0.308. The molecule has 0 radical (unpaired) electrons. The van der Waals surface area contributed by atoms with Crippen molar-refractivity contribution in [2.75, 3.05) is 4.81 Å². The summed E-state index contributed by atoms with van der Waals surface area (Å²) >= 11 is 0. The Labute approximate surface area is 156 Å². The number of hydrogen-bond donors (Lipinski definition) is 0. The molecule has 0 aliphatic carbocycles. The molecule has 4 rings (SSSR count). The molecule has 3 aromatic rings. The maximum atomic E-state index is 2.49. The molecule has 26 heavy (non-hydrogen) atoms. The van der Waals surface area contributed by atoms with E-state index in [2.05, 4.69) is 99.5 Å². The second-order valence-corrected chi connectivity index (χ2v) is 7.56. The SMILES string of the molecule is CB1c2ccccc2C(C)=C(C)N1c1cc(C)c2c(C)cccc2[n+]1C. The van der Waals surface area contributed by atoms with Crippen molar-refractivity contribution >= 4 is 34.6 Å². The van der Waals surface area contributed by atoms with Crippen LogP contribution in [0.15, 0.2) is 54.2 Å². The quantitative estimate of drug-likeness (QED) is 0.471. The number of pyridine rings is 1. The first-order valence-corrected chi connectivity index (χ1v) is 9.36. The van der Waals surface area contributed by atoms with Crippen molar-refractivity contribution in [1.29, 1.82) is 0 Å². The molecule has 0 unspecified atom stereocenters. The normalized spacial score (nSPS) is 14.2. The van der Waals surface area contributed by atoms with E-state index in [1.54, 1.807) is 0 Å². The van der Waals surface area contributed by atoms with Gasteiger partial charge in [0.05, 0.1) is 12.7 Å². The summed E-state index contributed by atoms with van der Waals surface area (Å²) in [7, 11) is 2.19. The number of nitrogens with zero attached hydrogens (tertiary/aromatic N) is 2. The molecule has 130 valence electrons. The third-order valence-corrected chi connectivity index (χ3v) is 6.05. The van der Waals surface area contributed by atoms with E-state index in [0.29, 0.717) is 6.85 Å². The first-order valence-electron chi connectivity index (χ1n) is 9.36. The van der Waals surface area contributed by atoms with Crippen molar-refractivity contribution in [2.24, 2.45) is 7.05 Å². The zero-order chi connectivity index (χ0) is 18.6. The molecule has 0 fully saturated rings. The van der Waals surface area contributed by atoms with Gasteiger partial charge in [0.2, 0.25) is 0 Å². The molecule has 2 aromatic carbocycles. The Bertz CT molecular complexity index is 1070. The Morgan fingerprint density at radius 3 is 2.38 bits per heavy atom. The predicted octanol–water partition coefficient (Wildman–Crippen LogP) is 4.38. The second kappa shape index (κ2) is 6.01. The molecule has 0 bridgehead atoms. The molecule has 1 aliphatic rings. The van der Waals surface area contributed by atoms with Crippen LogP contribution in [0.3, 0.4) is 0 Å². The number of aryl methyl sites for hydroxylation is 3. The molecule has 2 nitrogen and oxygen atoms in total. The van der Waals surface area contributed by atoms with Crippen LogP contribution in [0.2, 0.25) is 6.82 Å². The van der Waals surface area contributed by atoms with Gasteiger partial charge in [0.15, 0.2) is 0 Å². The van der Waals surface area contributed by atoms with Gasteiger partial charge in [-0.1, -0.05) is 36.4 Å². The van der Waals surface area contributed by atoms with Crippen LogP contribution in [-0.4, -0.2) is 6.85 Å². The van der Waals surface area contributed by atoms with Gasteiger partial charge < -0.3 is 0 Å². The summed E-state index contributed by atoms with van der Waals surface area (Å²) < 4.78 is 2.34. The Morgan fingerprint density at radius 1 is 0.885 bits per heavy atom. The monoisotopic (exact) mass is 341 g/mol. The molecule has 0 N–H and O–H groups in total. The second-order valence-electron chi connectivity index (χ2n) is 7.56. The van der Waals surface area contributed by atoms with Gasteiger partial charge in [0, 0.05) is 11.5 Å². The highest BCUT2D eigenvalue weighted by molar-refractivity contribution is 6.77. The Morgan fingerprint density at radius 2 is 1.62 bits per heavy atom. The van der Waals surface area contributed by atoms with Gasteiger partial charge >= 0.3 is 6.85 Å². The lowest BCUT2D eigenvalue weighted by atomic mass is 9.52. The fraction of sp³-hybridized carbons (Fsp3) is 0.261. The summed E-state index contributed by atoms with van der Waals surface area (Å²) in [4.78, 5) is 2.49. The van der Waals surface area contributed by atoms with E-state index in [-0.39, 0.29) is 0 Å². The first kappa shape index (κ1) is 16.9. The number of fused-ring (bicyclic) bond motifs is 2. The van der Waals surface area contributed by atoms with Crippen LogP contribution in [0.25, 0.3) is 16.5 Å². The summed E-state index contributed by atoms with van der Waals surface area (Å²) in [6.45, 7) is 11.5. The molecule has 2 heterocycles. The van der Waals surface area contributed by atoms with Crippen LogP contribution in [-0.2, 0) is 7.05 Å². The van der Waals surface area contributed by atoms with Crippen LogP contribution in [0.4, 0.5) is 5.82 Å². The van der Waals surface area contributed by atoms with E-state index in [1.165, 1.54) is 50.1 Å². The lowest BCUT2D eigenvalue weighted by Crippen LogP contribution is -2.53. The van der Waals surface area contributed by atoms with Crippen LogP contribution in [0, 0.1) is 13.8 Å². The number of benzene rings is 2. The number of aromatic nitrogens is 1. The number of allylic oxidation sites excluding steroid dienone is 2. The molecule has 0 spiro atoms.